The molecule has 162 valence electrons. The number of hydrogen-bond acceptors (Lipinski definition) is 3. The van der Waals surface area contributed by atoms with Crippen LogP contribution >= 0.6 is 0 Å². The summed E-state index contributed by atoms with van der Waals surface area (Å²) in [5.74, 6) is 0.820. The lowest BCUT2D eigenvalue weighted by atomic mass is 10.1. The van der Waals surface area contributed by atoms with Gasteiger partial charge in [0.05, 0.1) is 11.9 Å². The monoisotopic (exact) mass is 428 g/mol. The van der Waals surface area contributed by atoms with E-state index in [0.29, 0.717) is 37.0 Å². The third-order valence-corrected chi connectivity index (χ3v) is 6.35. The largest absolute Gasteiger partial charge is 0.433 e. The van der Waals surface area contributed by atoms with Gasteiger partial charge in [-0.25, -0.2) is 4.98 Å². The summed E-state index contributed by atoms with van der Waals surface area (Å²) in [5, 5.41) is 4.33. The lowest BCUT2D eigenvalue weighted by Gasteiger charge is -2.19. The van der Waals surface area contributed by atoms with Gasteiger partial charge in [-0.15, -0.1) is 0 Å². The van der Waals surface area contributed by atoms with E-state index < -0.39 is 11.9 Å². The summed E-state index contributed by atoms with van der Waals surface area (Å²) in [4.78, 5) is 21.3. The molecule has 5 rings (SSSR count). The second-order valence-electron chi connectivity index (χ2n) is 8.49. The first kappa shape index (κ1) is 19.9. The van der Waals surface area contributed by atoms with Crippen molar-refractivity contribution in [1.82, 2.24) is 15.3 Å². The van der Waals surface area contributed by atoms with Crippen LogP contribution in [0.15, 0.2) is 48.8 Å². The Morgan fingerprint density at radius 2 is 2.06 bits per heavy atom. The quantitative estimate of drug-likeness (QED) is 0.630. The van der Waals surface area contributed by atoms with Crippen LogP contribution in [0.4, 0.5) is 18.9 Å². The van der Waals surface area contributed by atoms with E-state index in [1.54, 1.807) is 0 Å². The smallest absolute Gasteiger partial charge is 0.368 e. The number of nitrogens with one attached hydrogen (secondary N) is 2. The molecular weight excluding hydrogens is 405 g/mol. The topological polar surface area (TPSA) is 61.0 Å². The molecule has 1 aromatic carbocycles. The van der Waals surface area contributed by atoms with E-state index in [9.17, 15) is 18.0 Å². The number of aromatic amines is 1. The van der Waals surface area contributed by atoms with Crippen LogP contribution < -0.4 is 10.2 Å². The van der Waals surface area contributed by atoms with Crippen LogP contribution in [0.1, 0.15) is 36.4 Å². The molecule has 2 N–H and O–H groups in total. The molecular formula is C23H23F3N4O. The molecule has 1 saturated heterocycles. The zero-order chi connectivity index (χ0) is 21.6. The van der Waals surface area contributed by atoms with E-state index in [2.05, 4.69) is 33.6 Å². The zero-order valence-corrected chi connectivity index (χ0v) is 16.8. The highest BCUT2D eigenvalue weighted by molar-refractivity contribution is 5.84. The molecule has 0 spiro atoms. The third kappa shape index (κ3) is 4.11. The van der Waals surface area contributed by atoms with Crippen LogP contribution in [0, 0.1) is 5.92 Å². The SMILES string of the molecule is O=C(C[C@H]1C[C@H]1c1c[nH]c2ccccc12)N[C@@H]1CCN(c2ccc(C(F)(F)F)nc2)C1. The molecule has 0 bridgehead atoms. The van der Waals surface area contributed by atoms with E-state index in [0.717, 1.165) is 24.4 Å². The minimum absolute atomic E-state index is 0.0000754. The van der Waals surface area contributed by atoms with Gasteiger partial charge in [0.2, 0.25) is 5.91 Å². The van der Waals surface area contributed by atoms with Crippen molar-refractivity contribution in [3.63, 3.8) is 0 Å². The summed E-state index contributed by atoms with van der Waals surface area (Å²) in [6, 6.07) is 10.6. The van der Waals surface area contributed by atoms with Crippen LogP contribution in [0.3, 0.4) is 0 Å². The van der Waals surface area contributed by atoms with Crippen molar-refractivity contribution in [2.75, 3.05) is 18.0 Å². The fraction of sp³-hybridized carbons (Fsp3) is 0.391. The predicted octanol–water partition coefficient (Wildman–Crippen LogP) is 4.47. The Bertz CT molecular complexity index is 1090. The van der Waals surface area contributed by atoms with Crippen LogP contribution in [0.2, 0.25) is 0 Å². The van der Waals surface area contributed by atoms with Crippen molar-refractivity contribution in [1.29, 1.82) is 0 Å². The van der Waals surface area contributed by atoms with Gasteiger partial charge in [0.25, 0.3) is 0 Å². The van der Waals surface area contributed by atoms with Crippen molar-refractivity contribution < 1.29 is 18.0 Å². The first-order valence-electron chi connectivity index (χ1n) is 10.5. The molecule has 31 heavy (non-hydrogen) atoms. The number of carbonyl (C=O) groups excluding carboxylic acids is 1. The van der Waals surface area contributed by atoms with Crippen LogP contribution in [-0.2, 0) is 11.0 Å². The number of alkyl halides is 3. The number of hydrogen-bond donors (Lipinski definition) is 2. The Morgan fingerprint density at radius 3 is 2.84 bits per heavy atom. The lowest BCUT2D eigenvalue weighted by molar-refractivity contribution is -0.141. The van der Waals surface area contributed by atoms with E-state index in [-0.39, 0.29) is 11.9 Å². The first-order valence-corrected chi connectivity index (χ1v) is 10.5. The summed E-state index contributed by atoms with van der Waals surface area (Å²) in [7, 11) is 0. The number of carbonyl (C=O) groups is 1. The van der Waals surface area contributed by atoms with Gasteiger partial charge < -0.3 is 15.2 Å². The van der Waals surface area contributed by atoms with E-state index >= 15 is 0 Å². The maximum Gasteiger partial charge on any atom is 0.433 e. The van der Waals surface area contributed by atoms with Gasteiger partial charge in [-0.05, 0) is 48.4 Å². The molecule has 8 heteroatoms. The molecule has 2 aliphatic rings. The first-order chi connectivity index (χ1) is 14.9. The van der Waals surface area contributed by atoms with E-state index in [1.807, 2.05) is 17.0 Å². The highest BCUT2D eigenvalue weighted by atomic mass is 19.4. The summed E-state index contributed by atoms with van der Waals surface area (Å²) in [5.41, 5.74) is 2.16. The molecule has 0 radical (unpaired) electrons. The van der Waals surface area contributed by atoms with Gasteiger partial charge in [-0.3, -0.25) is 4.79 Å². The molecule has 3 heterocycles. The Hall–Kier alpha value is -3.03. The molecule has 5 nitrogen and oxygen atoms in total. The number of H-pyrrole nitrogens is 1. The second-order valence-corrected chi connectivity index (χ2v) is 8.49. The maximum absolute atomic E-state index is 12.7. The van der Waals surface area contributed by atoms with Crippen LogP contribution in [0.5, 0.6) is 0 Å². The summed E-state index contributed by atoms with van der Waals surface area (Å²) >= 11 is 0. The molecule has 2 fully saturated rings. The number of pyridine rings is 1. The molecule has 1 aliphatic heterocycles. The number of aromatic nitrogens is 2. The Morgan fingerprint density at radius 1 is 1.23 bits per heavy atom. The molecule has 1 saturated carbocycles. The molecule has 2 aromatic heterocycles. The molecule has 0 unspecified atom stereocenters. The highest BCUT2D eigenvalue weighted by Gasteiger charge is 2.41. The number of anilines is 1. The highest BCUT2D eigenvalue weighted by Crippen LogP contribution is 2.51. The normalized spacial score (nSPS) is 23.3. The van der Waals surface area contributed by atoms with Crippen molar-refractivity contribution in [3.05, 3.63) is 60.0 Å². The average molecular weight is 428 g/mol. The van der Waals surface area contributed by atoms with Crippen molar-refractivity contribution in [2.24, 2.45) is 5.92 Å². The predicted molar refractivity (Wildman–Crippen MR) is 112 cm³/mol. The van der Waals surface area contributed by atoms with Gasteiger partial charge in [-0.2, -0.15) is 13.2 Å². The third-order valence-electron chi connectivity index (χ3n) is 6.35. The number of amides is 1. The average Bonchev–Trinajstić information content (AvgIpc) is 3.14. The summed E-state index contributed by atoms with van der Waals surface area (Å²) < 4.78 is 38.0. The number of nitrogens with zero attached hydrogens (tertiary/aromatic N) is 2. The molecule has 3 atom stereocenters. The van der Waals surface area contributed by atoms with Gasteiger partial charge in [-0.1, -0.05) is 18.2 Å². The molecule has 1 aliphatic carbocycles. The van der Waals surface area contributed by atoms with Crippen molar-refractivity contribution >= 4 is 22.5 Å². The Kier molecular flexibility index (Phi) is 4.87. The molecule has 3 aromatic rings. The molecule has 1 amide bonds. The number of benzene rings is 1. The number of fused-ring (bicyclic) bond motifs is 1. The van der Waals surface area contributed by atoms with Crippen molar-refractivity contribution in [3.8, 4) is 0 Å². The Balaban J connectivity index is 1.13. The lowest BCUT2D eigenvalue weighted by Crippen LogP contribution is -2.37. The van der Waals surface area contributed by atoms with Gasteiger partial charge in [0, 0.05) is 42.7 Å². The van der Waals surface area contributed by atoms with Gasteiger partial charge >= 0.3 is 6.18 Å². The van der Waals surface area contributed by atoms with E-state index in [4.69, 9.17) is 0 Å². The zero-order valence-electron chi connectivity index (χ0n) is 16.8. The number of rotatable bonds is 5. The minimum atomic E-state index is -4.44. The van der Waals surface area contributed by atoms with Gasteiger partial charge in [0.15, 0.2) is 0 Å². The fourth-order valence-corrected chi connectivity index (χ4v) is 4.63. The maximum atomic E-state index is 12.7. The van der Waals surface area contributed by atoms with Crippen LogP contribution in [-0.4, -0.2) is 35.0 Å². The number of para-hydroxylation sites is 1. The summed E-state index contributed by atoms with van der Waals surface area (Å²) in [6.45, 7) is 1.26. The second kappa shape index (κ2) is 7.59. The standard InChI is InChI=1S/C23H23F3N4O/c24-23(25,26)21-6-5-16(11-28-21)30-8-7-15(13-30)29-22(31)10-14-9-18(14)19-12-27-20-4-2-1-3-17(19)20/h1-6,11-12,14-15,18,27H,7-10,13H2,(H,29,31)/t14-,15-,18-/m1/s1. The minimum Gasteiger partial charge on any atom is -0.368 e. The van der Waals surface area contributed by atoms with Crippen LogP contribution in [0.25, 0.3) is 10.9 Å². The van der Waals surface area contributed by atoms with Gasteiger partial charge in [0.1, 0.15) is 5.69 Å². The summed E-state index contributed by atoms with van der Waals surface area (Å²) in [6.07, 6.45) is 1.16. The Labute approximate surface area is 177 Å². The number of halogens is 3. The van der Waals surface area contributed by atoms with E-state index in [1.165, 1.54) is 23.2 Å². The van der Waals surface area contributed by atoms with Crippen molar-refractivity contribution in [2.45, 2.75) is 37.4 Å². The fourth-order valence-electron chi connectivity index (χ4n) is 4.63.